The van der Waals surface area contributed by atoms with Gasteiger partial charge in [-0.05, 0) is 24.0 Å². The third-order valence-electron chi connectivity index (χ3n) is 2.87. The van der Waals surface area contributed by atoms with Crippen LogP contribution in [0.3, 0.4) is 0 Å². The fraction of sp³-hybridized carbons (Fsp3) is 0.429. The van der Waals surface area contributed by atoms with Crippen LogP contribution in [0.25, 0.3) is 0 Å². The molecule has 0 radical (unpaired) electrons. The van der Waals surface area contributed by atoms with Gasteiger partial charge in [0.15, 0.2) is 0 Å². The van der Waals surface area contributed by atoms with Gasteiger partial charge in [0.25, 0.3) is 5.91 Å². The molecule has 19 heavy (non-hydrogen) atoms. The minimum Gasteiger partial charge on any atom is -0.507 e. The monoisotopic (exact) mass is 265 g/mol. The molecule has 0 spiro atoms. The second-order valence-corrected chi connectivity index (χ2v) is 5.58. The first-order chi connectivity index (χ1) is 8.64. The third-order valence-corrected chi connectivity index (χ3v) is 2.87. The first-order valence-electron chi connectivity index (χ1n) is 5.97. The van der Waals surface area contributed by atoms with Crippen LogP contribution in [0, 0.1) is 12.3 Å². The van der Waals surface area contributed by atoms with Crippen LogP contribution >= 0.6 is 0 Å². The average molecular weight is 265 g/mol. The van der Waals surface area contributed by atoms with Crippen molar-refractivity contribution in [2.45, 2.75) is 33.7 Å². The lowest BCUT2D eigenvalue weighted by molar-refractivity contribution is -0.142. The number of carboxylic acid groups (broad SMARTS) is 1. The molecule has 1 amide bonds. The Balaban J connectivity index is 3.02. The largest absolute Gasteiger partial charge is 0.507 e. The number of benzene rings is 1. The number of rotatable bonds is 3. The summed E-state index contributed by atoms with van der Waals surface area (Å²) in [6.07, 6.45) is 0. The van der Waals surface area contributed by atoms with Gasteiger partial charge in [0.2, 0.25) is 0 Å². The van der Waals surface area contributed by atoms with E-state index in [0.29, 0.717) is 5.56 Å². The highest BCUT2D eigenvalue weighted by Crippen LogP contribution is 2.23. The van der Waals surface area contributed by atoms with Crippen LogP contribution in [0.4, 0.5) is 0 Å². The first-order valence-corrected chi connectivity index (χ1v) is 5.97. The Morgan fingerprint density at radius 2 is 1.84 bits per heavy atom. The van der Waals surface area contributed by atoms with E-state index in [2.05, 4.69) is 5.32 Å². The molecule has 0 unspecified atom stereocenters. The van der Waals surface area contributed by atoms with Gasteiger partial charge in [-0.2, -0.15) is 0 Å². The zero-order chi connectivity index (χ0) is 14.8. The van der Waals surface area contributed by atoms with Gasteiger partial charge in [-0.3, -0.25) is 4.79 Å². The molecule has 0 bridgehead atoms. The number of aliphatic carboxylic acids is 1. The van der Waals surface area contributed by atoms with Crippen LogP contribution in [0.1, 0.15) is 36.7 Å². The lowest BCUT2D eigenvalue weighted by atomic mass is 9.86. The highest BCUT2D eigenvalue weighted by Gasteiger charge is 2.33. The number of aromatic hydroxyl groups is 1. The number of phenolic OH excluding ortho intramolecular Hbond substituents is 1. The van der Waals surface area contributed by atoms with Gasteiger partial charge in [-0.1, -0.05) is 32.9 Å². The predicted molar refractivity (Wildman–Crippen MR) is 71.2 cm³/mol. The summed E-state index contributed by atoms with van der Waals surface area (Å²) < 4.78 is 0. The molecule has 0 saturated heterocycles. The van der Waals surface area contributed by atoms with E-state index in [-0.39, 0.29) is 11.3 Å². The molecule has 1 aromatic rings. The zero-order valence-corrected chi connectivity index (χ0v) is 11.5. The second kappa shape index (κ2) is 5.30. The number of para-hydroxylation sites is 1. The Morgan fingerprint density at radius 1 is 1.26 bits per heavy atom. The van der Waals surface area contributed by atoms with Crippen molar-refractivity contribution in [2.24, 2.45) is 5.41 Å². The number of amides is 1. The smallest absolute Gasteiger partial charge is 0.326 e. The molecule has 104 valence electrons. The molecular weight excluding hydrogens is 246 g/mol. The number of hydrogen-bond donors (Lipinski definition) is 3. The van der Waals surface area contributed by atoms with Crippen LogP contribution in [0.2, 0.25) is 0 Å². The van der Waals surface area contributed by atoms with Crippen molar-refractivity contribution in [3.8, 4) is 5.75 Å². The molecule has 0 fully saturated rings. The van der Waals surface area contributed by atoms with Crippen LogP contribution in [0.15, 0.2) is 18.2 Å². The second-order valence-electron chi connectivity index (χ2n) is 5.58. The van der Waals surface area contributed by atoms with Gasteiger partial charge < -0.3 is 15.5 Å². The molecule has 0 aliphatic carbocycles. The standard InChI is InChI=1S/C14H19NO4/c1-8-6-5-7-9(10(8)16)12(17)15-11(13(18)19)14(2,3)4/h5-7,11,16H,1-4H3,(H,15,17)(H,18,19)/t11-/m1/s1. The van der Waals surface area contributed by atoms with Crippen molar-refractivity contribution in [3.63, 3.8) is 0 Å². The van der Waals surface area contributed by atoms with Crippen molar-refractivity contribution in [2.75, 3.05) is 0 Å². The van der Waals surface area contributed by atoms with Crippen molar-refractivity contribution in [3.05, 3.63) is 29.3 Å². The van der Waals surface area contributed by atoms with Crippen LogP contribution < -0.4 is 5.32 Å². The fourth-order valence-electron chi connectivity index (χ4n) is 1.70. The normalized spacial score (nSPS) is 12.8. The Morgan fingerprint density at radius 3 is 2.32 bits per heavy atom. The van der Waals surface area contributed by atoms with E-state index in [1.165, 1.54) is 6.07 Å². The summed E-state index contributed by atoms with van der Waals surface area (Å²) in [5, 5.41) is 21.4. The minimum atomic E-state index is -1.10. The van der Waals surface area contributed by atoms with Gasteiger partial charge in [0.05, 0.1) is 5.56 Å². The summed E-state index contributed by atoms with van der Waals surface area (Å²) in [4.78, 5) is 23.2. The maximum atomic E-state index is 12.0. The molecular formula is C14H19NO4. The molecule has 1 rings (SSSR count). The predicted octanol–water partition coefficient (Wildman–Crippen LogP) is 1.93. The Kier molecular flexibility index (Phi) is 4.19. The number of hydrogen-bond acceptors (Lipinski definition) is 3. The Hall–Kier alpha value is -2.04. The van der Waals surface area contributed by atoms with E-state index in [4.69, 9.17) is 5.11 Å². The molecule has 5 heteroatoms. The third kappa shape index (κ3) is 3.47. The molecule has 5 nitrogen and oxygen atoms in total. The number of carbonyl (C=O) groups excluding carboxylic acids is 1. The van der Waals surface area contributed by atoms with E-state index in [9.17, 15) is 14.7 Å². The topological polar surface area (TPSA) is 86.6 Å². The number of phenols is 1. The summed E-state index contributed by atoms with van der Waals surface area (Å²) in [6, 6.07) is 3.74. The van der Waals surface area contributed by atoms with Crippen molar-refractivity contribution in [1.29, 1.82) is 0 Å². The van der Waals surface area contributed by atoms with Gasteiger partial charge in [-0.15, -0.1) is 0 Å². The van der Waals surface area contributed by atoms with E-state index in [1.54, 1.807) is 39.8 Å². The Bertz CT molecular complexity index is 503. The zero-order valence-electron chi connectivity index (χ0n) is 11.5. The molecule has 0 aliphatic rings. The van der Waals surface area contributed by atoms with Crippen molar-refractivity contribution in [1.82, 2.24) is 5.32 Å². The molecule has 0 aromatic heterocycles. The van der Waals surface area contributed by atoms with Crippen LogP contribution in [-0.4, -0.2) is 28.1 Å². The summed E-state index contributed by atoms with van der Waals surface area (Å²) in [6.45, 7) is 6.84. The van der Waals surface area contributed by atoms with E-state index < -0.39 is 23.3 Å². The molecule has 0 aliphatic heterocycles. The Labute approximate surface area is 112 Å². The number of carboxylic acids is 1. The molecule has 0 heterocycles. The van der Waals surface area contributed by atoms with Crippen molar-refractivity contribution < 1.29 is 19.8 Å². The summed E-state index contributed by atoms with van der Waals surface area (Å²) in [7, 11) is 0. The quantitative estimate of drug-likeness (QED) is 0.779. The first kappa shape index (κ1) is 15.0. The minimum absolute atomic E-state index is 0.0792. The highest BCUT2D eigenvalue weighted by atomic mass is 16.4. The molecule has 1 atom stereocenters. The van der Waals surface area contributed by atoms with Crippen molar-refractivity contribution >= 4 is 11.9 Å². The highest BCUT2D eigenvalue weighted by molar-refractivity contribution is 5.99. The molecule has 3 N–H and O–H groups in total. The van der Waals surface area contributed by atoms with Gasteiger partial charge >= 0.3 is 5.97 Å². The van der Waals surface area contributed by atoms with Crippen LogP contribution in [0.5, 0.6) is 5.75 Å². The fourth-order valence-corrected chi connectivity index (χ4v) is 1.70. The number of carbonyl (C=O) groups is 2. The van der Waals surface area contributed by atoms with E-state index in [1.807, 2.05) is 0 Å². The number of aryl methyl sites for hydroxylation is 1. The lowest BCUT2D eigenvalue weighted by Crippen LogP contribution is -2.49. The van der Waals surface area contributed by atoms with E-state index in [0.717, 1.165) is 0 Å². The summed E-state index contributed by atoms with van der Waals surface area (Å²) in [5.41, 5.74) is 0.0202. The molecule has 1 aromatic carbocycles. The van der Waals surface area contributed by atoms with Crippen LogP contribution in [-0.2, 0) is 4.79 Å². The van der Waals surface area contributed by atoms with Gasteiger partial charge in [0, 0.05) is 0 Å². The van der Waals surface area contributed by atoms with Gasteiger partial charge in [0.1, 0.15) is 11.8 Å². The average Bonchev–Trinajstić information content (AvgIpc) is 2.27. The van der Waals surface area contributed by atoms with E-state index >= 15 is 0 Å². The SMILES string of the molecule is Cc1cccc(C(=O)N[C@H](C(=O)O)C(C)(C)C)c1O. The van der Waals surface area contributed by atoms with Gasteiger partial charge in [-0.25, -0.2) is 4.79 Å². The summed E-state index contributed by atoms with van der Waals surface area (Å²) in [5.74, 6) is -1.82. The maximum Gasteiger partial charge on any atom is 0.326 e. The number of nitrogens with one attached hydrogen (secondary N) is 1. The lowest BCUT2D eigenvalue weighted by Gasteiger charge is -2.27. The molecule has 0 saturated carbocycles. The summed E-state index contributed by atoms with van der Waals surface area (Å²) >= 11 is 0. The maximum absolute atomic E-state index is 12.0.